The second-order valence-corrected chi connectivity index (χ2v) is 11.9. The summed E-state index contributed by atoms with van der Waals surface area (Å²) in [6.45, 7) is 16.6. The van der Waals surface area contributed by atoms with Crippen LogP contribution in [0.2, 0.25) is 0 Å². The Labute approximate surface area is 156 Å². The molecule has 0 rings (SSSR count). The standard InChI is InChI=1S/C20H41NO3S/c1-16(2)18(22)17(12-9-10-13-19(3,4)5)21-25(23,24)15-11-14-20(6,7)8/h16-17,21H,9-15H2,1-8H3/t17-/m1/s1. The highest BCUT2D eigenvalue weighted by atomic mass is 32.2. The minimum absolute atomic E-state index is 0.00449. The predicted octanol–water partition coefficient (Wildman–Crippen LogP) is 4.93. The van der Waals surface area contributed by atoms with E-state index in [9.17, 15) is 13.2 Å². The summed E-state index contributed by atoms with van der Waals surface area (Å²) in [4.78, 5) is 12.4. The summed E-state index contributed by atoms with van der Waals surface area (Å²) >= 11 is 0. The van der Waals surface area contributed by atoms with Gasteiger partial charge in [-0.25, -0.2) is 13.1 Å². The third-order valence-electron chi connectivity index (χ3n) is 4.24. The van der Waals surface area contributed by atoms with Crippen molar-refractivity contribution in [2.75, 3.05) is 5.75 Å². The van der Waals surface area contributed by atoms with E-state index in [1.165, 1.54) is 0 Å². The van der Waals surface area contributed by atoms with Crippen LogP contribution < -0.4 is 4.72 Å². The molecule has 0 amide bonds. The Morgan fingerprint density at radius 2 is 1.36 bits per heavy atom. The van der Waals surface area contributed by atoms with E-state index in [2.05, 4.69) is 46.3 Å². The monoisotopic (exact) mass is 375 g/mol. The summed E-state index contributed by atoms with van der Waals surface area (Å²) in [6.07, 6.45) is 5.01. The van der Waals surface area contributed by atoms with Crippen molar-refractivity contribution in [2.45, 2.75) is 100.0 Å². The molecule has 0 aliphatic rings. The normalized spacial score (nSPS) is 14.8. The van der Waals surface area contributed by atoms with Gasteiger partial charge in [-0.05, 0) is 36.5 Å². The second-order valence-electron chi connectivity index (χ2n) is 10.0. The van der Waals surface area contributed by atoms with Gasteiger partial charge in [-0.15, -0.1) is 0 Å². The minimum atomic E-state index is -3.42. The summed E-state index contributed by atoms with van der Waals surface area (Å²) in [7, 11) is -3.42. The molecule has 150 valence electrons. The Kier molecular flexibility index (Phi) is 9.89. The predicted molar refractivity (Wildman–Crippen MR) is 107 cm³/mol. The Hall–Kier alpha value is -0.420. The van der Waals surface area contributed by atoms with Gasteiger partial charge < -0.3 is 0 Å². The number of unbranched alkanes of at least 4 members (excludes halogenated alkanes) is 1. The van der Waals surface area contributed by atoms with Gasteiger partial charge in [-0.3, -0.25) is 4.79 Å². The van der Waals surface area contributed by atoms with Crippen LogP contribution in [0, 0.1) is 16.7 Å². The molecule has 0 fully saturated rings. The maximum Gasteiger partial charge on any atom is 0.212 e. The molecule has 0 aromatic carbocycles. The fourth-order valence-electron chi connectivity index (χ4n) is 2.73. The van der Waals surface area contributed by atoms with E-state index < -0.39 is 16.1 Å². The fourth-order valence-corrected chi connectivity index (χ4v) is 4.04. The van der Waals surface area contributed by atoms with Gasteiger partial charge in [-0.2, -0.15) is 0 Å². The lowest BCUT2D eigenvalue weighted by Gasteiger charge is -2.22. The first-order chi connectivity index (χ1) is 11.1. The van der Waals surface area contributed by atoms with Crippen LogP contribution in [0.25, 0.3) is 0 Å². The van der Waals surface area contributed by atoms with Crippen molar-refractivity contribution in [3.63, 3.8) is 0 Å². The van der Waals surface area contributed by atoms with Crippen LogP contribution in [0.1, 0.15) is 93.9 Å². The van der Waals surface area contributed by atoms with Crippen molar-refractivity contribution < 1.29 is 13.2 Å². The number of Topliss-reactive ketones (excluding diaryl/α,β-unsaturated/α-hetero) is 1. The molecule has 0 aromatic rings. The van der Waals surface area contributed by atoms with Crippen molar-refractivity contribution >= 4 is 15.8 Å². The molecular formula is C20H41NO3S. The first-order valence-corrected chi connectivity index (χ1v) is 11.3. The average Bonchev–Trinajstić information content (AvgIpc) is 2.38. The Balaban J connectivity index is 4.69. The quantitative estimate of drug-likeness (QED) is 0.521. The number of sulfonamides is 1. The number of ketones is 1. The molecule has 0 aromatic heterocycles. The van der Waals surface area contributed by atoms with E-state index in [4.69, 9.17) is 0 Å². The maximum absolute atomic E-state index is 12.4. The molecule has 0 aliphatic heterocycles. The zero-order chi connectivity index (χ0) is 19.9. The molecule has 1 N–H and O–H groups in total. The molecule has 1 atom stereocenters. The molecule has 0 bridgehead atoms. The van der Waals surface area contributed by atoms with E-state index in [1.807, 2.05) is 13.8 Å². The molecular weight excluding hydrogens is 334 g/mol. The SMILES string of the molecule is CC(C)C(=O)[C@@H](CCCCC(C)(C)C)NS(=O)(=O)CCCC(C)(C)C. The zero-order valence-corrected chi connectivity index (χ0v) is 18.6. The van der Waals surface area contributed by atoms with E-state index in [1.54, 1.807) is 0 Å². The molecule has 25 heavy (non-hydrogen) atoms. The van der Waals surface area contributed by atoms with Crippen LogP contribution in [-0.4, -0.2) is 26.0 Å². The highest BCUT2D eigenvalue weighted by Crippen LogP contribution is 2.23. The maximum atomic E-state index is 12.4. The topological polar surface area (TPSA) is 63.2 Å². The van der Waals surface area contributed by atoms with Crippen LogP contribution in [-0.2, 0) is 14.8 Å². The third-order valence-corrected chi connectivity index (χ3v) is 5.71. The minimum Gasteiger partial charge on any atom is -0.298 e. The lowest BCUT2D eigenvalue weighted by molar-refractivity contribution is -0.123. The molecule has 4 nitrogen and oxygen atoms in total. The van der Waals surface area contributed by atoms with Crippen LogP contribution in [0.15, 0.2) is 0 Å². The number of hydrogen-bond acceptors (Lipinski definition) is 3. The van der Waals surface area contributed by atoms with E-state index in [0.717, 1.165) is 25.7 Å². The van der Waals surface area contributed by atoms with E-state index in [-0.39, 0.29) is 28.3 Å². The number of nitrogens with one attached hydrogen (secondary N) is 1. The van der Waals surface area contributed by atoms with Crippen molar-refractivity contribution in [3.8, 4) is 0 Å². The van der Waals surface area contributed by atoms with Crippen LogP contribution >= 0.6 is 0 Å². The smallest absolute Gasteiger partial charge is 0.212 e. The Morgan fingerprint density at radius 1 is 0.880 bits per heavy atom. The molecule has 0 aliphatic carbocycles. The number of carbonyl (C=O) groups excluding carboxylic acids is 1. The average molecular weight is 376 g/mol. The molecule has 0 saturated heterocycles. The molecule has 0 unspecified atom stereocenters. The molecule has 5 heteroatoms. The van der Waals surface area contributed by atoms with Crippen LogP contribution in [0.3, 0.4) is 0 Å². The van der Waals surface area contributed by atoms with Gasteiger partial charge in [0.25, 0.3) is 0 Å². The molecule has 0 radical (unpaired) electrons. The van der Waals surface area contributed by atoms with Crippen LogP contribution in [0.5, 0.6) is 0 Å². The molecule has 0 spiro atoms. The van der Waals surface area contributed by atoms with Crippen LogP contribution in [0.4, 0.5) is 0 Å². The molecule has 0 heterocycles. The van der Waals surface area contributed by atoms with Gasteiger partial charge in [0.15, 0.2) is 5.78 Å². The van der Waals surface area contributed by atoms with E-state index >= 15 is 0 Å². The first-order valence-electron chi connectivity index (χ1n) is 9.67. The second kappa shape index (κ2) is 10.1. The fraction of sp³-hybridized carbons (Fsp3) is 0.950. The number of carbonyl (C=O) groups is 1. The highest BCUT2D eigenvalue weighted by Gasteiger charge is 2.26. The van der Waals surface area contributed by atoms with Gasteiger partial charge in [-0.1, -0.05) is 68.2 Å². The number of hydrogen-bond donors (Lipinski definition) is 1. The van der Waals surface area contributed by atoms with Crippen molar-refractivity contribution in [1.29, 1.82) is 0 Å². The van der Waals surface area contributed by atoms with Gasteiger partial charge in [0.05, 0.1) is 11.8 Å². The Bertz CT molecular complexity index is 496. The summed E-state index contributed by atoms with van der Waals surface area (Å²) in [5.41, 5.74) is 0.389. The van der Waals surface area contributed by atoms with Gasteiger partial charge in [0, 0.05) is 5.92 Å². The highest BCUT2D eigenvalue weighted by molar-refractivity contribution is 7.89. The first kappa shape index (κ1) is 24.6. The number of rotatable bonds is 11. The lowest BCUT2D eigenvalue weighted by atomic mass is 9.88. The summed E-state index contributed by atoms with van der Waals surface area (Å²) < 4.78 is 27.4. The summed E-state index contributed by atoms with van der Waals surface area (Å²) in [5, 5.41) is 0. The van der Waals surface area contributed by atoms with Gasteiger partial charge in [0.2, 0.25) is 10.0 Å². The van der Waals surface area contributed by atoms with Gasteiger partial charge in [0.1, 0.15) is 0 Å². The van der Waals surface area contributed by atoms with Crippen molar-refractivity contribution in [1.82, 2.24) is 4.72 Å². The summed E-state index contributed by atoms with van der Waals surface area (Å²) in [5.74, 6) is -0.0752. The Morgan fingerprint density at radius 3 is 1.80 bits per heavy atom. The molecule has 0 saturated carbocycles. The zero-order valence-electron chi connectivity index (χ0n) is 17.7. The third kappa shape index (κ3) is 13.4. The van der Waals surface area contributed by atoms with Crippen molar-refractivity contribution in [3.05, 3.63) is 0 Å². The van der Waals surface area contributed by atoms with Gasteiger partial charge >= 0.3 is 0 Å². The van der Waals surface area contributed by atoms with Crippen molar-refractivity contribution in [2.24, 2.45) is 16.7 Å². The largest absolute Gasteiger partial charge is 0.298 e. The lowest BCUT2D eigenvalue weighted by Crippen LogP contribution is -2.43. The summed E-state index contributed by atoms with van der Waals surface area (Å²) in [6, 6.07) is -0.584. The van der Waals surface area contributed by atoms with E-state index in [0.29, 0.717) is 12.8 Å².